The molecule has 1 fully saturated rings. The molecule has 0 aromatic heterocycles. The fraction of sp³-hybridized carbons (Fsp3) is 0.818. The van der Waals surface area contributed by atoms with Gasteiger partial charge in [0.25, 0.3) is 0 Å². The van der Waals surface area contributed by atoms with Crippen LogP contribution < -0.4 is 11.1 Å². The Balaban J connectivity index is 2.51. The second-order valence-electron chi connectivity index (χ2n) is 4.38. The normalized spacial score (nSPS) is 21.9. The van der Waals surface area contributed by atoms with Gasteiger partial charge in [-0.1, -0.05) is 0 Å². The molecule has 0 spiro atoms. The SMILES string of the molecule is CNC(=O)C1CCCN1C(=O)CCC(C)N. The largest absolute Gasteiger partial charge is 0.357 e. The van der Waals surface area contributed by atoms with E-state index in [1.807, 2.05) is 6.92 Å². The van der Waals surface area contributed by atoms with Crippen molar-refractivity contribution in [1.29, 1.82) is 0 Å². The third-order valence-electron chi connectivity index (χ3n) is 2.94. The van der Waals surface area contributed by atoms with Gasteiger partial charge in [0.1, 0.15) is 6.04 Å². The molecule has 0 aliphatic carbocycles. The van der Waals surface area contributed by atoms with Gasteiger partial charge in [-0.05, 0) is 26.2 Å². The van der Waals surface area contributed by atoms with Crippen LogP contribution >= 0.6 is 0 Å². The predicted octanol–water partition coefficient (Wildman–Crippen LogP) is -0.149. The Bertz CT molecular complexity index is 266. The lowest BCUT2D eigenvalue weighted by Gasteiger charge is -2.23. The van der Waals surface area contributed by atoms with Crippen molar-refractivity contribution in [1.82, 2.24) is 10.2 Å². The zero-order valence-electron chi connectivity index (χ0n) is 10.0. The Morgan fingerprint density at radius 2 is 2.25 bits per heavy atom. The van der Waals surface area contributed by atoms with E-state index in [1.165, 1.54) is 0 Å². The summed E-state index contributed by atoms with van der Waals surface area (Å²) in [6, 6.07) is -0.240. The topological polar surface area (TPSA) is 75.4 Å². The van der Waals surface area contributed by atoms with Crippen LogP contribution in [0.2, 0.25) is 0 Å². The number of hydrogen-bond donors (Lipinski definition) is 2. The maximum atomic E-state index is 11.9. The van der Waals surface area contributed by atoms with Gasteiger partial charge in [0.05, 0.1) is 0 Å². The Morgan fingerprint density at radius 3 is 2.81 bits per heavy atom. The number of carbonyl (C=O) groups is 2. The van der Waals surface area contributed by atoms with E-state index in [2.05, 4.69) is 5.32 Å². The van der Waals surface area contributed by atoms with Gasteiger partial charge in [-0.2, -0.15) is 0 Å². The Labute approximate surface area is 96.4 Å². The Morgan fingerprint density at radius 1 is 1.56 bits per heavy atom. The van der Waals surface area contributed by atoms with E-state index < -0.39 is 0 Å². The fourth-order valence-corrected chi connectivity index (χ4v) is 2.00. The zero-order valence-corrected chi connectivity index (χ0v) is 10.0. The highest BCUT2D eigenvalue weighted by molar-refractivity contribution is 5.88. The molecular formula is C11H21N3O2. The summed E-state index contributed by atoms with van der Waals surface area (Å²) >= 11 is 0. The van der Waals surface area contributed by atoms with Crippen LogP contribution in [0.3, 0.4) is 0 Å². The first kappa shape index (κ1) is 13.0. The molecule has 2 atom stereocenters. The van der Waals surface area contributed by atoms with Gasteiger partial charge in [-0.3, -0.25) is 9.59 Å². The second-order valence-corrected chi connectivity index (χ2v) is 4.38. The molecule has 0 saturated carbocycles. The number of likely N-dealkylation sites (tertiary alicyclic amines) is 1. The van der Waals surface area contributed by atoms with E-state index in [1.54, 1.807) is 11.9 Å². The number of nitrogens with one attached hydrogen (secondary N) is 1. The van der Waals surface area contributed by atoms with Crippen molar-refractivity contribution in [3.05, 3.63) is 0 Å². The quantitative estimate of drug-likeness (QED) is 0.701. The van der Waals surface area contributed by atoms with Crippen molar-refractivity contribution < 1.29 is 9.59 Å². The van der Waals surface area contributed by atoms with Crippen LogP contribution in [0.15, 0.2) is 0 Å². The number of hydrogen-bond acceptors (Lipinski definition) is 3. The minimum atomic E-state index is -0.273. The average molecular weight is 227 g/mol. The molecule has 16 heavy (non-hydrogen) atoms. The standard InChI is InChI=1S/C11H21N3O2/c1-8(12)5-6-10(15)14-7-3-4-9(14)11(16)13-2/h8-9H,3-7,12H2,1-2H3,(H,13,16). The van der Waals surface area contributed by atoms with E-state index in [-0.39, 0.29) is 23.9 Å². The van der Waals surface area contributed by atoms with Gasteiger partial charge in [0.15, 0.2) is 0 Å². The van der Waals surface area contributed by atoms with Crippen molar-refractivity contribution in [2.24, 2.45) is 5.73 Å². The molecule has 1 aliphatic heterocycles. The van der Waals surface area contributed by atoms with Crippen LogP contribution in [0, 0.1) is 0 Å². The van der Waals surface area contributed by atoms with E-state index in [0.29, 0.717) is 19.4 Å². The van der Waals surface area contributed by atoms with E-state index >= 15 is 0 Å². The van der Waals surface area contributed by atoms with Gasteiger partial charge >= 0.3 is 0 Å². The molecule has 0 aromatic rings. The molecule has 0 bridgehead atoms. The summed E-state index contributed by atoms with van der Waals surface area (Å²) in [7, 11) is 1.60. The highest BCUT2D eigenvalue weighted by Gasteiger charge is 2.32. The second kappa shape index (κ2) is 5.84. The summed E-state index contributed by atoms with van der Waals surface area (Å²) in [5.74, 6) is -0.0185. The number of carbonyl (C=O) groups excluding carboxylic acids is 2. The lowest BCUT2D eigenvalue weighted by atomic mass is 10.1. The molecule has 5 nitrogen and oxygen atoms in total. The van der Waals surface area contributed by atoms with Gasteiger partial charge < -0.3 is 16.0 Å². The summed E-state index contributed by atoms with van der Waals surface area (Å²) in [6.07, 6.45) is 2.78. The monoisotopic (exact) mass is 227 g/mol. The van der Waals surface area contributed by atoms with Crippen molar-refractivity contribution in [3.8, 4) is 0 Å². The highest BCUT2D eigenvalue weighted by Crippen LogP contribution is 2.18. The molecule has 92 valence electrons. The Hall–Kier alpha value is -1.10. The molecule has 1 saturated heterocycles. The molecule has 2 unspecified atom stereocenters. The molecule has 5 heteroatoms. The summed E-state index contributed by atoms with van der Waals surface area (Å²) < 4.78 is 0. The summed E-state index contributed by atoms with van der Waals surface area (Å²) in [4.78, 5) is 25.1. The number of rotatable bonds is 4. The van der Waals surface area contributed by atoms with Gasteiger partial charge in [0, 0.05) is 26.1 Å². The van der Waals surface area contributed by atoms with Crippen LogP contribution in [0.4, 0.5) is 0 Å². The van der Waals surface area contributed by atoms with Crippen molar-refractivity contribution in [2.75, 3.05) is 13.6 Å². The van der Waals surface area contributed by atoms with E-state index in [0.717, 1.165) is 12.8 Å². The van der Waals surface area contributed by atoms with Crippen molar-refractivity contribution in [3.63, 3.8) is 0 Å². The minimum absolute atomic E-state index is 0.0324. The molecule has 1 heterocycles. The minimum Gasteiger partial charge on any atom is -0.357 e. The van der Waals surface area contributed by atoms with E-state index in [4.69, 9.17) is 5.73 Å². The molecule has 1 rings (SSSR count). The van der Waals surface area contributed by atoms with Crippen molar-refractivity contribution >= 4 is 11.8 Å². The number of amides is 2. The van der Waals surface area contributed by atoms with Gasteiger partial charge in [-0.15, -0.1) is 0 Å². The van der Waals surface area contributed by atoms with Crippen LogP contribution in [-0.2, 0) is 9.59 Å². The molecule has 2 amide bonds. The van der Waals surface area contributed by atoms with Gasteiger partial charge in [-0.25, -0.2) is 0 Å². The lowest BCUT2D eigenvalue weighted by Crippen LogP contribution is -2.45. The maximum absolute atomic E-state index is 11.9. The maximum Gasteiger partial charge on any atom is 0.242 e. The van der Waals surface area contributed by atoms with E-state index in [9.17, 15) is 9.59 Å². The zero-order chi connectivity index (χ0) is 12.1. The first-order valence-electron chi connectivity index (χ1n) is 5.83. The highest BCUT2D eigenvalue weighted by atomic mass is 16.2. The lowest BCUT2D eigenvalue weighted by molar-refractivity contribution is -0.138. The van der Waals surface area contributed by atoms with Crippen LogP contribution in [-0.4, -0.2) is 42.4 Å². The molecule has 1 aliphatic rings. The predicted molar refractivity (Wildman–Crippen MR) is 61.7 cm³/mol. The number of nitrogens with zero attached hydrogens (tertiary/aromatic N) is 1. The summed E-state index contributed by atoms with van der Waals surface area (Å²) in [6.45, 7) is 2.57. The Kier molecular flexibility index (Phi) is 4.73. The third kappa shape index (κ3) is 3.20. The smallest absolute Gasteiger partial charge is 0.242 e. The number of likely N-dealkylation sites (N-methyl/N-ethyl adjacent to an activating group) is 1. The van der Waals surface area contributed by atoms with Crippen LogP contribution in [0.1, 0.15) is 32.6 Å². The summed E-state index contributed by atoms with van der Waals surface area (Å²) in [5, 5.41) is 2.60. The van der Waals surface area contributed by atoms with Crippen LogP contribution in [0.5, 0.6) is 0 Å². The third-order valence-corrected chi connectivity index (χ3v) is 2.94. The molecule has 3 N–H and O–H groups in total. The first-order valence-corrected chi connectivity index (χ1v) is 5.83. The first-order chi connectivity index (χ1) is 7.56. The number of nitrogens with two attached hydrogens (primary N) is 1. The van der Waals surface area contributed by atoms with Crippen molar-refractivity contribution in [2.45, 2.75) is 44.7 Å². The average Bonchev–Trinajstić information content (AvgIpc) is 2.73. The van der Waals surface area contributed by atoms with Crippen LogP contribution in [0.25, 0.3) is 0 Å². The molecule has 0 aromatic carbocycles. The van der Waals surface area contributed by atoms with Gasteiger partial charge in [0.2, 0.25) is 11.8 Å². The fourth-order valence-electron chi connectivity index (χ4n) is 2.00. The molecule has 0 radical (unpaired) electrons. The summed E-state index contributed by atoms with van der Waals surface area (Å²) in [5.41, 5.74) is 5.61. The molecular weight excluding hydrogens is 206 g/mol.